The first-order valence-electron chi connectivity index (χ1n) is 9.28. The fourth-order valence-electron chi connectivity index (χ4n) is 3.04. The topological polar surface area (TPSA) is 0 Å². The fourth-order valence-corrected chi connectivity index (χ4v) is 3.04. The smallest absolute Gasteiger partial charge is 0.0129 e. The van der Waals surface area contributed by atoms with Crippen molar-refractivity contribution in [3.05, 3.63) is 34.4 Å². The van der Waals surface area contributed by atoms with Crippen molar-refractivity contribution in [1.82, 2.24) is 0 Å². The molecule has 0 heteroatoms. The van der Waals surface area contributed by atoms with Crippen molar-refractivity contribution in [2.24, 2.45) is 0 Å². The van der Waals surface area contributed by atoms with E-state index >= 15 is 0 Å². The Hall–Kier alpha value is -0.780. The number of hydrogen-bond acceptors (Lipinski definition) is 0. The van der Waals surface area contributed by atoms with Gasteiger partial charge in [-0.3, -0.25) is 0 Å². The highest BCUT2D eigenvalue weighted by Gasteiger charge is 2.24. The highest BCUT2D eigenvalue weighted by molar-refractivity contribution is 5.44. The number of benzene rings is 1. The van der Waals surface area contributed by atoms with E-state index in [0.717, 1.165) is 0 Å². The minimum Gasteiger partial charge on any atom is -0.0683 e. The molecule has 0 radical (unpaired) electrons. The van der Waals surface area contributed by atoms with Crippen molar-refractivity contribution in [2.45, 2.75) is 106 Å². The molecule has 1 aromatic rings. The molecule has 0 aromatic heterocycles. The minimum absolute atomic E-state index is 0.239. The lowest BCUT2D eigenvalue weighted by Crippen LogP contribution is -2.20. The summed E-state index contributed by atoms with van der Waals surface area (Å²) in [5.74, 6) is 0. The van der Waals surface area contributed by atoms with Crippen LogP contribution in [-0.2, 0) is 23.7 Å². The summed E-state index contributed by atoms with van der Waals surface area (Å²) in [6.45, 7) is 22.6. The van der Waals surface area contributed by atoms with E-state index in [4.69, 9.17) is 0 Å². The van der Waals surface area contributed by atoms with E-state index in [9.17, 15) is 0 Å². The molecule has 22 heavy (non-hydrogen) atoms. The van der Waals surface area contributed by atoms with Crippen LogP contribution >= 0.6 is 0 Å². The normalized spacial score (nSPS) is 11.9. The van der Waals surface area contributed by atoms with Crippen molar-refractivity contribution >= 4 is 0 Å². The van der Waals surface area contributed by atoms with E-state index < -0.39 is 0 Å². The molecule has 0 unspecified atom stereocenters. The first-order chi connectivity index (χ1) is 10.1. The number of hydrogen-bond donors (Lipinski definition) is 0. The van der Waals surface area contributed by atoms with Crippen LogP contribution in [0.25, 0.3) is 0 Å². The summed E-state index contributed by atoms with van der Waals surface area (Å²) in [5.41, 5.74) is 6.70. The molecule has 0 spiro atoms. The molecule has 1 rings (SSSR count). The second kappa shape index (κ2) is 8.75. The second-order valence-corrected chi connectivity index (χ2v) is 8.17. The van der Waals surface area contributed by atoms with Crippen LogP contribution in [0.3, 0.4) is 0 Å². The molecule has 0 aliphatic heterocycles. The lowest BCUT2D eigenvalue weighted by molar-refractivity contribution is 0.562. The fraction of sp³-hybridized carbons (Fsp3) is 0.727. The molecular formula is C22H40. The molecule has 0 atom stereocenters. The Kier molecular flexibility index (Phi) is 8.44. The summed E-state index contributed by atoms with van der Waals surface area (Å²) in [6, 6.07) is 5.02. The molecule has 0 saturated heterocycles. The van der Waals surface area contributed by atoms with E-state index in [2.05, 4.69) is 67.5 Å². The lowest BCUT2D eigenvalue weighted by Gasteiger charge is -2.30. The van der Waals surface area contributed by atoms with E-state index in [1.807, 2.05) is 13.8 Å². The Morgan fingerprint density at radius 3 is 1.09 bits per heavy atom. The molecule has 1 aromatic carbocycles. The average Bonchev–Trinajstić information content (AvgIpc) is 2.40. The Morgan fingerprint density at radius 1 is 0.636 bits per heavy atom. The van der Waals surface area contributed by atoms with Crippen LogP contribution in [0, 0.1) is 0 Å². The van der Waals surface area contributed by atoms with Gasteiger partial charge in [0.05, 0.1) is 0 Å². The summed E-state index contributed by atoms with van der Waals surface area (Å²) in [6.07, 6.45) is 4.84. The molecular weight excluding hydrogens is 264 g/mol. The molecule has 0 saturated carbocycles. The summed E-state index contributed by atoms with van der Waals surface area (Å²) in [7, 11) is 0. The van der Waals surface area contributed by atoms with E-state index in [1.165, 1.54) is 25.7 Å². The average molecular weight is 305 g/mol. The third kappa shape index (κ3) is 5.78. The number of rotatable bonds is 4. The predicted molar refractivity (Wildman–Crippen MR) is 103 cm³/mol. The first-order valence-corrected chi connectivity index (χ1v) is 9.28. The molecule has 0 fully saturated rings. The second-order valence-electron chi connectivity index (χ2n) is 8.17. The van der Waals surface area contributed by atoms with E-state index in [1.54, 1.807) is 22.3 Å². The Morgan fingerprint density at radius 2 is 0.909 bits per heavy atom. The van der Waals surface area contributed by atoms with Crippen molar-refractivity contribution in [3.63, 3.8) is 0 Å². The maximum atomic E-state index is 2.51. The maximum Gasteiger partial charge on any atom is -0.0129 e. The van der Waals surface area contributed by atoms with Crippen molar-refractivity contribution < 1.29 is 0 Å². The largest absolute Gasteiger partial charge is 0.0683 e. The van der Waals surface area contributed by atoms with Gasteiger partial charge in [0.2, 0.25) is 0 Å². The van der Waals surface area contributed by atoms with Gasteiger partial charge in [-0.25, -0.2) is 0 Å². The molecule has 0 amide bonds. The Balaban J connectivity index is 0.00000211. The van der Waals surface area contributed by atoms with Gasteiger partial charge < -0.3 is 0 Å². The lowest BCUT2D eigenvalue weighted by atomic mass is 9.75. The maximum absolute atomic E-state index is 2.51. The van der Waals surface area contributed by atoms with Gasteiger partial charge in [-0.05, 0) is 45.9 Å². The van der Waals surface area contributed by atoms with Crippen LogP contribution in [0.4, 0.5) is 0 Å². The number of aryl methyl sites for hydroxylation is 2. The van der Waals surface area contributed by atoms with Crippen molar-refractivity contribution in [3.8, 4) is 0 Å². The highest BCUT2D eigenvalue weighted by Crippen LogP contribution is 2.34. The molecule has 128 valence electrons. The van der Waals surface area contributed by atoms with Gasteiger partial charge in [0.15, 0.2) is 0 Å². The summed E-state index contributed by atoms with van der Waals surface area (Å²) < 4.78 is 0. The molecule has 0 aliphatic carbocycles. The van der Waals surface area contributed by atoms with Crippen molar-refractivity contribution in [2.75, 3.05) is 0 Å². The van der Waals surface area contributed by atoms with Crippen LogP contribution in [0.2, 0.25) is 0 Å². The van der Waals surface area contributed by atoms with Gasteiger partial charge in [0.25, 0.3) is 0 Å². The summed E-state index contributed by atoms with van der Waals surface area (Å²) in [4.78, 5) is 0. The van der Waals surface area contributed by atoms with Crippen LogP contribution in [0.5, 0.6) is 0 Å². The van der Waals surface area contributed by atoms with Gasteiger partial charge in [-0.1, -0.05) is 94.2 Å². The third-order valence-electron chi connectivity index (χ3n) is 3.98. The first kappa shape index (κ1) is 21.2. The summed E-state index contributed by atoms with van der Waals surface area (Å²) >= 11 is 0. The van der Waals surface area contributed by atoms with E-state index in [-0.39, 0.29) is 10.8 Å². The zero-order chi connectivity index (χ0) is 17.6. The van der Waals surface area contributed by atoms with Crippen LogP contribution in [0.1, 0.15) is 104 Å². The predicted octanol–water partition coefficient (Wildman–Crippen LogP) is 7.21. The Bertz CT molecular complexity index is 395. The SMILES string of the molecule is CC.CCCc1cc(C(C)(C)C)c(CCC)cc1C(C)(C)C. The molecule has 0 aliphatic rings. The van der Waals surface area contributed by atoms with Crippen molar-refractivity contribution in [1.29, 1.82) is 0 Å². The zero-order valence-corrected chi connectivity index (χ0v) is 17.0. The van der Waals surface area contributed by atoms with Gasteiger partial charge >= 0.3 is 0 Å². The van der Waals surface area contributed by atoms with Crippen LogP contribution < -0.4 is 0 Å². The molecule has 0 N–H and O–H groups in total. The van der Waals surface area contributed by atoms with Gasteiger partial charge in [0, 0.05) is 0 Å². The molecule has 0 bridgehead atoms. The zero-order valence-electron chi connectivity index (χ0n) is 17.0. The monoisotopic (exact) mass is 304 g/mol. The Labute approximate surface area is 140 Å². The minimum atomic E-state index is 0.239. The third-order valence-corrected chi connectivity index (χ3v) is 3.98. The van der Waals surface area contributed by atoms with Gasteiger partial charge in [0.1, 0.15) is 0 Å². The molecule has 0 nitrogen and oxygen atoms in total. The summed E-state index contributed by atoms with van der Waals surface area (Å²) in [5, 5.41) is 0. The van der Waals surface area contributed by atoms with Gasteiger partial charge in [-0.15, -0.1) is 0 Å². The molecule has 0 heterocycles. The van der Waals surface area contributed by atoms with Gasteiger partial charge in [-0.2, -0.15) is 0 Å². The standard InChI is InChI=1S/C20H34.C2H6/c1-9-11-15-13-18(20(6,7)8)16(12-10-2)14-17(15)19(3,4)5;1-2/h13-14H,9-12H2,1-8H3;1-2H3. The highest BCUT2D eigenvalue weighted by atomic mass is 14.3. The quantitative estimate of drug-likeness (QED) is 0.551. The van der Waals surface area contributed by atoms with E-state index in [0.29, 0.717) is 0 Å². The van der Waals surface area contributed by atoms with Crippen LogP contribution in [0.15, 0.2) is 12.1 Å². The van der Waals surface area contributed by atoms with Crippen LogP contribution in [-0.4, -0.2) is 0 Å².